The van der Waals surface area contributed by atoms with Crippen molar-refractivity contribution in [2.75, 3.05) is 19.6 Å². The lowest BCUT2D eigenvalue weighted by Gasteiger charge is -2.44. The first kappa shape index (κ1) is 14.8. The maximum atomic E-state index is 11.0. The molecule has 0 aromatic heterocycles. The third-order valence-electron chi connectivity index (χ3n) is 4.83. The Labute approximate surface area is 115 Å². The molecule has 0 aromatic carbocycles. The molecule has 2 rings (SSSR count). The van der Waals surface area contributed by atoms with Gasteiger partial charge in [-0.15, -0.1) is 0 Å². The molecule has 2 fully saturated rings. The molecule has 3 atom stereocenters. The van der Waals surface area contributed by atoms with E-state index >= 15 is 0 Å². The van der Waals surface area contributed by atoms with Crippen LogP contribution in [0.1, 0.15) is 51.9 Å². The van der Waals surface area contributed by atoms with Crippen LogP contribution in [-0.4, -0.2) is 46.3 Å². The molecule has 1 aliphatic carbocycles. The van der Waals surface area contributed by atoms with Gasteiger partial charge in [-0.1, -0.05) is 19.8 Å². The topological polar surface area (TPSA) is 60.8 Å². The third-order valence-corrected chi connectivity index (χ3v) is 4.83. The van der Waals surface area contributed by atoms with Crippen LogP contribution in [-0.2, 0) is 4.79 Å². The number of carboxylic acids is 1. The third kappa shape index (κ3) is 3.93. The van der Waals surface area contributed by atoms with Crippen molar-refractivity contribution < 1.29 is 15.0 Å². The summed E-state index contributed by atoms with van der Waals surface area (Å²) < 4.78 is 0. The molecule has 1 aliphatic heterocycles. The van der Waals surface area contributed by atoms with E-state index in [2.05, 4.69) is 11.8 Å². The van der Waals surface area contributed by atoms with Crippen LogP contribution in [0.2, 0.25) is 0 Å². The maximum absolute atomic E-state index is 11.0. The number of carbonyl (C=O) groups is 1. The molecule has 1 heterocycles. The average Bonchev–Trinajstić information content (AvgIpc) is 2.31. The number of nitrogens with zero attached hydrogens (tertiary/aromatic N) is 1. The van der Waals surface area contributed by atoms with E-state index in [9.17, 15) is 9.90 Å². The molecular formula is C15H27NO3. The van der Waals surface area contributed by atoms with Gasteiger partial charge in [-0.25, -0.2) is 0 Å². The molecule has 2 N–H and O–H groups in total. The molecule has 0 amide bonds. The van der Waals surface area contributed by atoms with E-state index in [1.54, 1.807) is 0 Å². The monoisotopic (exact) mass is 269 g/mol. The smallest absolute Gasteiger partial charge is 0.303 e. The van der Waals surface area contributed by atoms with Gasteiger partial charge in [0.15, 0.2) is 0 Å². The first-order chi connectivity index (χ1) is 8.99. The minimum Gasteiger partial charge on any atom is -0.481 e. The normalized spacial score (nSPS) is 37.2. The maximum Gasteiger partial charge on any atom is 0.303 e. The highest BCUT2D eigenvalue weighted by molar-refractivity contribution is 5.67. The van der Waals surface area contributed by atoms with E-state index in [4.69, 9.17) is 5.11 Å². The Kier molecular flexibility index (Phi) is 4.85. The Bertz CT molecular complexity index is 321. The fourth-order valence-electron chi connectivity index (χ4n) is 3.82. The molecule has 1 unspecified atom stereocenters. The number of piperidine rings is 1. The second-order valence-corrected chi connectivity index (χ2v) is 6.63. The van der Waals surface area contributed by atoms with E-state index in [0.29, 0.717) is 12.5 Å². The van der Waals surface area contributed by atoms with Gasteiger partial charge >= 0.3 is 5.97 Å². The largest absolute Gasteiger partial charge is 0.481 e. The number of carboxylic acid groups (broad SMARTS) is 1. The summed E-state index contributed by atoms with van der Waals surface area (Å²) in [6.07, 6.45) is 6.27. The van der Waals surface area contributed by atoms with Gasteiger partial charge in [0.2, 0.25) is 0 Å². The fraction of sp³-hybridized carbons (Fsp3) is 0.933. The molecule has 1 saturated heterocycles. The summed E-state index contributed by atoms with van der Waals surface area (Å²) in [6, 6.07) is 0. The van der Waals surface area contributed by atoms with Gasteiger partial charge in [-0.3, -0.25) is 4.79 Å². The summed E-state index contributed by atoms with van der Waals surface area (Å²) in [5, 5.41) is 19.9. The predicted octanol–water partition coefficient (Wildman–Crippen LogP) is 2.11. The highest BCUT2D eigenvalue weighted by Crippen LogP contribution is 2.37. The second kappa shape index (κ2) is 6.23. The zero-order chi connectivity index (χ0) is 13.9. The average molecular weight is 269 g/mol. The van der Waals surface area contributed by atoms with Crippen molar-refractivity contribution in [1.82, 2.24) is 4.90 Å². The van der Waals surface area contributed by atoms with Crippen LogP contribution in [0.15, 0.2) is 0 Å². The van der Waals surface area contributed by atoms with Crippen molar-refractivity contribution in [2.45, 2.75) is 57.5 Å². The quantitative estimate of drug-likeness (QED) is 0.820. The lowest BCUT2D eigenvalue weighted by Crippen LogP contribution is -2.52. The number of hydrogen-bond acceptors (Lipinski definition) is 3. The summed E-state index contributed by atoms with van der Waals surface area (Å²) in [6.45, 7) is 5.01. The minimum absolute atomic E-state index is 0.0732. The summed E-state index contributed by atoms with van der Waals surface area (Å²) in [5.41, 5.74) is -0.784. The van der Waals surface area contributed by atoms with Crippen LogP contribution in [0.4, 0.5) is 0 Å². The minimum atomic E-state index is -0.784. The lowest BCUT2D eigenvalue weighted by atomic mass is 9.73. The van der Waals surface area contributed by atoms with Crippen LogP contribution in [0.3, 0.4) is 0 Å². The molecule has 0 radical (unpaired) electrons. The number of likely N-dealkylation sites (tertiary alicyclic amines) is 1. The number of rotatable bonds is 4. The van der Waals surface area contributed by atoms with E-state index in [-0.39, 0.29) is 12.3 Å². The van der Waals surface area contributed by atoms with Crippen LogP contribution >= 0.6 is 0 Å². The molecular weight excluding hydrogens is 242 g/mol. The van der Waals surface area contributed by atoms with Crippen molar-refractivity contribution in [3.63, 3.8) is 0 Å². The second-order valence-electron chi connectivity index (χ2n) is 6.63. The molecule has 19 heavy (non-hydrogen) atoms. The van der Waals surface area contributed by atoms with Gasteiger partial charge < -0.3 is 15.1 Å². The van der Waals surface area contributed by atoms with Crippen LogP contribution in [0.5, 0.6) is 0 Å². The van der Waals surface area contributed by atoms with Crippen molar-refractivity contribution in [2.24, 2.45) is 11.8 Å². The molecule has 0 bridgehead atoms. The highest BCUT2D eigenvalue weighted by atomic mass is 16.4. The summed E-state index contributed by atoms with van der Waals surface area (Å²) in [4.78, 5) is 13.3. The fourth-order valence-corrected chi connectivity index (χ4v) is 3.82. The molecule has 1 saturated carbocycles. The van der Waals surface area contributed by atoms with Gasteiger partial charge in [0.05, 0.1) is 12.0 Å². The van der Waals surface area contributed by atoms with Crippen molar-refractivity contribution in [1.29, 1.82) is 0 Å². The Morgan fingerprint density at radius 3 is 2.79 bits per heavy atom. The van der Waals surface area contributed by atoms with Gasteiger partial charge in [-0.2, -0.15) is 0 Å². The predicted molar refractivity (Wildman–Crippen MR) is 74.0 cm³/mol. The van der Waals surface area contributed by atoms with E-state index in [1.807, 2.05) is 0 Å². The van der Waals surface area contributed by atoms with Gasteiger partial charge in [0.1, 0.15) is 0 Å². The Hall–Kier alpha value is -0.610. The first-order valence-corrected chi connectivity index (χ1v) is 7.66. The van der Waals surface area contributed by atoms with E-state index < -0.39 is 11.6 Å². The molecule has 0 spiro atoms. The first-order valence-electron chi connectivity index (χ1n) is 7.66. The van der Waals surface area contributed by atoms with Gasteiger partial charge in [0, 0.05) is 13.1 Å². The van der Waals surface area contributed by atoms with Crippen molar-refractivity contribution in [3.05, 3.63) is 0 Å². The van der Waals surface area contributed by atoms with Crippen LogP contribution in [0.25, 0.3) is 0 Å². The number of hydrogen-bond donors (Lipinski definition) is 2. The summed E-state index contributed by atoms with van der Waals surface area (Å²) >= 11 is 0. The van der Waals surface area contributed by atoms with Crippen molar-refractivity contribution >= 4 is 5.97 Å². The van der Waals surface area contributed by atoms with E-state index in [0.717, 1.165) is 38.8 Å². The highest BCUT2D eigenvalue weighted by Gasteiger charge is 2.41. The molecule has 110 valence electrons. The molecule has 2 aliphatic rings. The lowest BCUT2D eigenvalue weighted by molar-refractivity contribution is -0.144. The Morgan fingerprint density at radius 2 is 2.11 bits per heavy atom. The van der Waals surface area contributed by atoms with Crippen molar-refractivity contribution in [3.8, 4) is 0 Å². The molecule has 0 aromatic rings. The summed E-state index contributed by atoms with van der Waals surface area (Å²) in [7, 11) is 0. The number of β-amino-alcohol motifs (C(OH)–C–C–N with tert-alkyl or cyclic N) is 1. The van der Waals surface area contributed by atoms with Gasteiger partial charge in [0.25, 0.3) is 0 Å². The van der Waals surface area contributed by atoms with E-state index in [1.165, 1.54) is 12.8 Å². The zero-order valence-corrected chi connectivity index (χ0v) is 12.0. The zero-order valence-electron chi connectivity index (χ0n) is 12.0. The van der Waals surface area contributed by atoms with Crippen LogP contribution in [0, 0.1) is 11.8 Å². The number of aliphatic hydroxyl groups is 1. The van der Waals surface area contributed by atoms with Crippen LogP contribution < -0.4 is 0 Å². The summed E-state index contributed by atoms with van der Waals surface area (Å²) in [5.74, 6) is -0.160. The number of aliphatic carboxylic acids is 1. The standard InChI is InChI=1S/C15H27NO3/c1-12-5-4-8-16(10-12)11-15(19)7-3-2-6-13(15)9-14(17)18/h12-13,19H,2-11H2,1H3,(H,17,18)/t12?,13-,15+/m1/s1. The SMILES string of the molecule is CC1CCCN(C[C@@]2(O)CCCC[C@@H]2CC(=O)O)C1. The Balaban J connectivity index is 1.98. The Morgan fingerprint density at radius 1 is 1.32 bits per heavy atom. The molecule has 4 heteroatoms. The molecule has 4 nitrogen and oxygen atoms in total. The van der Waals surface area contributed by atoms with Gasteiger partial charge in [-0.05, 0) is 44.1 Å².